The number of carbonyl (C=O) groups is 1. The molecule has 0 saturated heterocycles. The van der Waals surface area contributed by atoms with E-state index in [4.69, 9.17) is 4.74 Å². The summed E-state index contributed by atoms with van der Waals surface area (Å²) >= 11 is 1.62. The van der Waals surface area contributed by atoms with E-state index in [9.17, 15) is 4.79 Å². The number of thioether (sulfide) groups is 1. The van der Waals surface area contributed by atoms with Gasteiger partial charge < -0.3 is 4.74 Å². The Morgan fingerprint density at radius 2 is 1.96 bits per heavy atom. The zero-order valence-electron chi connectivity index (χ0n) is 14.6. The Balaban J connectivity index is 1.73. The normalized spacial score (nSPS) is 13.7. The Morgan fingerprint density at radius 1 is 1.20 bits per heavy atom. The van der Waals surface area contributed by atoms with E-state index in [0.717, 1.165) is 10.9 Å². The van der Waals surface area contributed by atoms with Crippen molar-refractivity contribution in [1.29, 1.82) is 0 Å². The predicted molar refractivity (Wildman–Crippen MR) is 103 cm³/mol. The number of aliphatic imine (C=N–C) groups is 1. The first kappa shape index (κ1) is 17.5. The van der Waals surface area contributed by atoms with Gasteiger partial charge in [-0.3, -0.25) is 14.7 Å². The highest BCUT2D eigenvalue weighted by molar-refractivity contribution is 8.13. The minimum Gasteiger partial charge on any atom is -0.493 e. The van der Waals surface area contributed by atoms with Crippen LogP contribution < -0.4 is 4.74 Å². The van der Waals surface area contributed by atoms with E-state index < -0.39 is 0 Å². The fraction of sp³-hybridized carbons (Fsp3) is 0.300. The minimum absolute atomic E-state index is 0.0439. The van der Waals surface area contributed by atoms with Gasteiger partial charge in [0, 0.05) is 12.3 Å². The number of amides is 1. The van der Waals surface area contributed by atoms with Crippen molar-refractivity contribution in [2.45, 2.75) is 19.6 Å². The van der Waals surface area contributed by atoms with Crippen LogP contribution in [0.1, 0.15) is 28.4 Å². The maximum Gasteiger partial charge on any atom is 0.263 e. The Bertz CT molecular complexity index is 789. The molecule has 0 fully saturated rings. The average molecular weight is 354 g/mol. The molecule has 0 N–H and O–H groups in total. The molecule has 1 aliphatic heterocycles. The second kappa shape index (κ2) is 8.21. The summed E-state index contributed by atoms with van der Waals surface area (Å²) in [5, 5.41) is 0.791. The van der Waals surface area contributed by atoms with Crippen molar-refractivity contribution >= 4 is 22.8 Å². The number of para-hydroxylation sites is 1. The van der Waals surface area contributed by atoms with Gasteiger partial charge in [-0.1, -0.05) is 48.2 Å². The standard InChI is InChI=1S/C20H22N2O2S/c1-3-24-18-11-7-6-10-17(18)19(23)22-13-12-21-20(22)25-14-16-9-5-4-8-15(16)2/h4-11H,3,12-14H2,1-2H3. The van der Waals surface area contributed by atoms with Gasteiger partial charge >= 0.3 is 0 Å². The van der Waals surface area contributed by atoms with Gasteiger partial charge in [0.25, 0.3) is 5.91 Å². The lowest BCUT2D eigenvalue weighted by Crippen LogP contribution is -2.33. The first-order chi connectivity index (χ1) is 12.2. The third-order valence-corrected chi connectivity index (χ3v) is 5.15. The van der Waals surface area contributed by atoms with Gasteiger partial charge in [0.1, 0.15) is 5.75 Å². The van der Waals surface area contributed by atoms with E-state index in [-0.39, 0.29) is 5.91 Å². The van der Waals surface area contributed by atoms with Crippen LogP contribution in [-0.2, 0) is 5.75 Å². The number of nitrogens with zero attached hydrogens (tertiary/aromatic N) is 2. The number of rotatable bonds is 5. The zero-order chi connectivity index (χ0) is 17.6. The van der Waals surface area contributed by atoms with Crippen LogP contribution in [0, 0.1) is 6.92 Å². The second-order valence-corrected chi connectivity index (χ2v) is 6.71. The number of ether oxygens (including phenoxy) is 1. The lowest BCUT2D eigenvalue weighted by atomic mass is 10.1. The number of carbonyl (C=O) groups excluding carboxylic acids is 1. The first-order valence-corrected chi connectivity index (χ1v) is 9.44. The molecular weight excluding hydrogens is 332 g/mol. The molecule has 2 aromatic carbocycles. The molecule has 1 heterocycles. The van der Waals surface area contributed by atoms with E-state index in [1.807, 2.05) is 43.3 Å². The van der Waals surface area contributed by atoms with E-state index in [1.165, 1.54) is 11.1 Å². The smallest absolute Gasteiger partial charge is 0.263 e. The molecule has 1 amide bonds. The summed E-state index contributed by atoms with van der Waals surface area (Å²) in [7, 11) is 0. The average Bonchev–Trinajstić information content (AvgIpc) is 3.10. The molecule has 5 heteroatoms. The first-order valence-electron chi connectivity index (χ1n) is 8.46. The van der Waals surface area contributed by atoms with Crippen molar-refractivity contribution in [3.63, 3.8) is 0 Å². The number of hydrogen-bond acceptors (Lipinski definition) is 4. The fourth-order valence-electron chi connectivity index (χ4n) is 2.72. The highest BCUT2D eigenvalue weighted by Crippen LogP contribution is 2.26. The highest BCUT2D eigenvalue weighted by atomic mass is 32.2. The van der Waals surface area contributed by atoms with Crippen LogP contribution in [0.2, 0.25) is 0 Å². The maximum atomic E-state index is 13.0. The number of amidine groups is 1. The monoisotopic (exact) mass is 354 g/mol. The Morgan fingerprint density at radius 3 is 2.76 bits per heavy atom. The van der Waals surface area contributed by atoms with Crippen LogP contribution in [0.3, 0.4) is 0 Å². The van der Waals surface area contributed by atoms with Crippen molar-refractivity contribution in [2.24, 2.45) is 4.99 Å². The predicted octanol–water partition coefficient (Wildman–Crippen LogP) is 4.14. The SMILES string of the molecule is CCOc1ccccc1C(=O)N1CCN=C1SCc1ccccc1C. The van der Waals surface area contributed by atoms with Crippen LogP contribution in [-0.4, -0.2) is 35.7 Å². The summed E-state index contributed by atoms with van der Waals surface area (Å²) in [5.41, 5.74) is 3.12. The van der Waals surface area contributed by atoms with Crippen molar-refractivity contribution in [3.8, 4) is 5.75 Å². The van der Waals surface area contributed by atoms with Crippen LogP contribution in [0.15, 0.2) is 53.5 Å². The van der Waals surface area contributed by atoms with Crippen molar-refractivity contribution < 1.29 is 9.53 Å². The molecule has 25 heavy (non-hydrogen) atoms. The van der Waals surface area contributed by atoms with E-state index in [1.54, 1.807) is 16.7 Å². The Labute approximate surface area is 152 Å². The fourth-order valence-corrected chi connectivity index (χ4v) is 3.84. The molecule has 1 aliphatic rings. The molecule has 3 rings (SSSR count). The molecule has 0 unspecified atom stereocenters. The summed E-state index contributed by atoms with van der Waals surface area (Å²) in [6.07, 6.45) is 0. The Hall–Kier alpha value is -2.27. The summed E-state index contributed by atoms with van der Waals surface area (Å²) in [5.74, 6) is 1.39. The van der Waals surface area contributed by atoms with Gasteiger partial charge in [0.15, 0.2) is 5.17 Å². The molecule has 0 aromatic heterocycles. The van der Waals surface area contributed by atoms with Gasteiger partial charge in [-0.2, -0.15) is 0 Å². The summed E-state index contributed by atoms with van der Waals surface area (Å²) in [6.45, 7) is 5.83. The van der Waals surface area contributed by atoms with E-state index in [2.05, 4.69) is 24.0 Å². The zero-order valence-corrected chi connectivity index (χ0v) is 15.4. The van der Waals surface area contributed by atoms with Crippen molar-refractivity contribution in [2.75, 3.05) is 19.7 Å². The highest BCUT2D eigenvalue weighted by Gasteiger charge is 2.27. The van der Waals surface area contributed by atoms with Crippen molar-refractivity contribution in [3.05, 3.63) is 65.2 Å². The lowest BCUT2D eigenvalue weighted by Gasteiger charge is -2.19. The number of benzene rings is 2. The minimum atomic E-state index is -0.0439. The molecule has 0 aliphatic carbocycles. The molecule has 2 aromatic rings. The van der Waals surface area contributed by atoms with Gasteiger partial charge in [-0.05, 0) is 37.1 Å². The molecule has 0 spiro atoms. The van der Waals surface area contributed by atoms with E-state index >= 15 is 0 Å². The quantitative estimate of drug-likeness (QED) is 0.810. The van der Waals surface area contributed by atoms with Crippen LogP contribution in [0.5, 0.6) is 5.75 Å². The van der Waals surface area contributed by atoms with Gasteiger partial charge in [0.2, 0.25) is 0 Å². The molecule has 0 saturated carbocycles. The molecule has 0 radical (unpaired) electrons. The van der Waals surface area contributed by atoms with Gasteiger partial charge in [0.05, 0.1) is 18.7 Å². The van der Waals surface area contributed by atoms with Crippen LogP contribution in [0.25, 0.3) is 0 Å². The maximum absolute atomic E-state index is 13.0. The largest absolute Gasteiger partial charge is 0.493 e. The lowest BCUT2D eigenvalue weighted by molar-refractivity contribution is 0.0856. The molecule has 4 nitrogen and oxygen atoms in total. The van der Waals surface area contributed by atoms with E-state index in [0.29, 0.717) is 31.0 Å². The van der Waals surface area contributed by atoms with Gasteiger partial charge in [-0.15, -0.1) is 0 Å². The molecular formula is C20H22N2O2S. The number of hydrogen-bond donors (Lipinski definition) is 0. The molecule has 130 valence electrons. The molecule has 0 bridgehead atoms. The Kier molecular flexibility index (Phi) is 5.76. The summed E-state index contributed by atoms with van der Waals surface area (Å²) in [6, 6.07) is 15.7. The second-order valence-electron chi connectivity index (χ2n) is 5.77. The summed E-state index contributed by atoms with van der Waals surface area (Å²) < 4.78 is 5.60. The summed E-state index contributed by atoms with van der Waals surface area (Å²) in [4.78, 5) is 19.3. The van der Waals surface area contributed by atoms with Crippen LogP contribution in [0.4, 0.5) is 0 Å². The number of aryl methyl sites for hydroxylation is 1. The van der Waals surface area contributed by atoms with Crippen LogP contribution >= 0.6 is 11.8 Å². The third kappa shape index (κ3) is 4.04. The van der Waals surface area contributed by atoms with Crippen molar-refractivity contribution in [1.82, 2.24) is 4.90 Å². The topological polar surface area (TPSA) is 41.9 Å². The third-order valence-electron chi connectivity index (χ3n) is 4.08. The van der Waals surface area contributed by atoms with Gasteiger partial charge in [-0.25, -0.2) is 0 Å². The molecule has 0 atom stereocenters.